The van der Waals surface area contributed by atoms with Gasteiger partial charge in [-0.3, -0.25) is 4.79 Å². The second-order valence-corrected chi connectivity index (χ2v) is 4.09. The Hall–Kier alpha value is -1.26. The standard InChI is InChI=1S/C12H17ClN2O2/c1-3-17-7-6-15(2)12(16)10-8-9(13)4-5-11(10)14/h4-5,8H,3,6-7,14H2,1-2H3. The van der Waals surface area contributed by atoms with Gasteiger partial charge < -0.3 is 15.4 Å². The van der Waals surface area contributed by atoms with Crippen LogP contribution in [0.1, 0.15) is 17.3 Å². The summed E-state index contributed by atoms with van der Waals surface area (Å²) in [5, 5.41) is 0.501. The Labute approximate surface area is 106 Å². The molecular formula is C12H17ClN2O2. The Morgan fingerprint density at radius 3 is 2.88 bits per heavy atom. The summed E-state index contributed by atoms with van der Waals surface area (Å²) < 4.78 is 5.19. The molecule has 1 rings (SSSR count). The number of amides is 1. The van der Waals surface area contributed by atoms with Crippen molar-refractivity contribution in [2.45, 2.75) is 6.92 Å². The van der Waals surface area contributed by atoms with Crippen molar-refractivity contribution in [3.8, 4) is 0 Å². The Balaban J connectivity index is 2.71. The predicted molar refractivity (Wildman–Crippen MR) is 69.3 cm³/mol. The van der Waals surface area contributed by atoms with Gasteiger partial charge in [0.25, 0.3) is 5.91 Å². The van der Waals surface area contributed by atoms with Crippen LogP contribution in [0.25, 0.3) is 0 Å². The lowest BCUT2D eigenvalue weighted by atomic mass is 10.1. The lowest BCUT2D eigenvalue weighted by Gasteiger charge is -2.18. The number of carbonyl (C=O) groups is 1. The van der Waals surface area contributed by atoms with Gasteiger partial charge in [0.15, 0.2) is 0 Å². The lowest BCUT2D eigenvalue weighted by Crippen LogP contribution is -2.30. The molecule has 0 aliphatic heterocycles. The van der Waals surface area contributed by atoms with Gasteiger partial charge in [-0.15, -0.1) is 0 Å². The number of carbonyl (C=O) groups excluding carboxylic acids is 1. The van der Waals surface area contributed by atoms with Crippen LogP contribution in [-0.4, -0.2) is 37.6 Å². The maximum absolute atomic E-state index is 12.0. The van der Waals surface area contributed by atoms with Gasteiger partial charge in [-0.25, -0.2) is 0 Å². The summed E-state index contributed by atoms with van der Waals surface area (Å²) in [7, 11) is 1.71. The van der Waals surface area contributed by atoms with E-state index in [1.54, 1.807) is 30.1 Å². The van der Waals surface area contributed by atoms with Crippen LogP contribution in [0.2, 0.25) is 5.02 Å². The quantitative estimate of drug-likeness (QED) is 0.648. The van der Waals surface area contributed by atoms with Gasteiger partial charge in [0.05, 0.1) is 12.2 Å². The molecule has 0 atom stereocenters. The zero-order chi connectivity index (χ0) is 12.8. The van der Waals surface area contributed by atoms with E-state index in [1.165, 1.54) is 0 Å². The van der Waals surface area contributed by atoms with E-state index < -0.39 is 0 Å². The molecule has 0 saturated heterocycles. The molecule has 0 aromatic heterocycles. The minimum absolute atomic E-state index is 0.148. The molecule has 0 fully saturated rings. The predicted octanol–water partition coefficient (Wildman–Crippen LogP) is 2.03. The Bertz CT molecular complexity index is 396. The molecule has 1 amide bonds. The molecule has 0 radical (unpaired) electrons. The highest BCUT2D eigenvalue weighted by Crippen LogP contribution is 2.19. The summed E-state index contributed by atoms with van der Waals surface area (Å²) in [6.45, 7) is 3.59. The second kappa shape index (κ2) is 6.47. The van der Waals surface area contributed by atoms with Crippen molar-refractivity contribution in [1.29, 1.82) is 0 Å². The summed E-state index contributed by atoms with van der Waals surface area (Å²) in [4.78, 5) is 13.6. The fourth-order valence-corrected chi connectivity index (χ4v) is 1.54. The second-order valence-electron chi connectivity index (χ2n) is 3.66. The number of hydrogen-bond acceptors (Lipinski definition) is 3. The third-order valence-electron chi connectivity index (χ3n) is 2.37. The number of ether oxygens (including phenoxy) is 1. The number of nitrogen functional groups attached to an aromatic ring is 1. The molecule has 4 nitrogen and oxygen atoms in total. The fraction of sp³-hybridized carbons (Fsp3) is 0.417. The van der Waals surface area contributed by atoms with Gasteiger partial charge in [0.2, 0.25) is 0 Å². The number of likely N-dealkylation sites (N-methyl/N-ethyl adjacent to an activating group) is 1. The Morgan fingerprint density at radius 1 is 1.53 bits per heavy atom. The van der Waals surface area contributed by atoms with Crippen molar-refractivity contribution in [1.82, 2.24) is 4.90 Å². The number of anilines is 1. The summed E-state index contributed by atoms with van der Waals surface area (Å²) >= 11 is 5.84. The molecule has 94 valence electrons. The average Bonchev–Trinajstić information content (AvgIpc) is 2.31. The van der Waals surface area contributed by atoms with Crippen molar-refractivity contribution in [3.05, 3.63) is 28.8 Å². The first kappa shape index (κ1) is 13.8. The topological polar surface area (TPSA) is 55.6 Å². The first-order chi connectivity index (χ1) is 8.06. The highest BCUT2D eigenvalue weighted by atomic mass is 35.5. The molecular weight excluding hydrogens is 240 g/mol. The van der Waals surface area contributed by atoms with Crippen molar-refractivity contribution in [3.63, 3.8) is 0 Å². The van der Waals surface area contributed by atoms with E-state index in [2.05, 4.69) is 0 Å². The minimum Gasteiger partial charge on any atom is -0.398 e. The van der Waals surface area contributed by atoms with Crippen molar-refractivity contribution >= 4 is 23.2 Å². The number of nitrogens with zero attached hydrogens (tertiary/aromatic N) is 1. The lowest BCUT2D eigenvalue weighted by molar-refractivity contribution is 0.0711. The average molecular weight is 257 g/mol. The van der Waals surface area contributed by atoms with E-state index >= 15 is 0 Å². The van der Waals surface area contributed by atoms with E-state index in [0.717, 1.165) is 0 Å². The first-order valence-electron chi connectivity index (χ1n) is 5.44. The van der Waals surface area contributed by atoms with Crippen LogP contribution in [0.5, 0.6) is 0 Å². The molecule has 1 aromatic rings. The van der Waals surface area contributed by atoms with Crippen LogP contribution in [0, 0.1) is 0 Å². The smallest absolute Gasteiger partial charge is 0.255 e. The zero-order valence-electron chi connectivity index (χ0n) is 10.1. The molecule has 2 N–H and O–H groups in total. The minimum atomic E-state index is -0.148. The third-order valence-corrected chi connectivity index (χ3v) is 2.60. The molecule has 17 heavy (non-hydrogen) atoms. The maximum Gasteiger partial charge on any atom is 0.255 e. The van der Waals surface area contributed by atoms with Gasteiger partial charge in [-0.2, -0.15) is 0 Å². The monoisotopic (exact) mass is 256 g/mol. The third kappa shape index (κ3) is 3.91. The zero-order valence-corrected chi connectivity index (χ0v) is 10.8. The molecule has 5 heteroatoms. The van der Waals surface area contributed by atoms with Gasteiger partial charge in [0, 0.05) is 30.9 Å². The molecule has 0 bridgehead atoms. The van der Waals surface area contributed by atoms with Gasteiger partial charge in [-0.05, 0) is 25.1 Å². The van der Waals surface area contributed by atoms with E-state index in [9.17, 15) is 4.79 Å². The first-order valence-corrected chi connectivity index (χ1v) is 5.82. The van der Waals surface area contributed by atoms with Crippen LogP contribution in [0.3, 0.4) is 0 Å². The van der Waals surface area contributed by atoms with Crippen LogP contribution < -0.4 is 5.73 Å². The van der Waals surface area contributed by atoms with Crippen LogP contribution >= 0.6 is 11.6 Å². The summed E-state index contributed by atoms with van der Waals surface area (Å²) in [5.74, 6) is -0.148. The van der Waals surface area contributed by atoms with Crippen LogP contribution in [0.15, 0.2) is 18.2 Å². The van der Waals surface area contributed by atoms with Crippen molar-refractivity contribution < 1.29 is 9.53 Å². The maximum atomic E-state index is 12.0. The van der Waals surface area contributed by atoms with E-state index in [-0.39, 0.29) is 5.91 Å². The highest BCUT2D eigenvalue weighted by molar-refractivity contribution is 6.31. The summed E-state index contributed by atoms with van der Waals surface area (Å²) in [6.07, 6.45) is 0. The molecule has 0 unspecified atom stereocenters. The molecule has 0 saturated carbocycles. The number of hydrogen-bond donors (Lipinski definition) is 1. The number of rotatable bonds is 5. The molecule has 0 heterocycles. The van der Waals surface area contributed by atoms with Crippen LogP contribution in [-0.2, 0) is 4.74 Å². The normalized spacial score (nSPS) is 10.3. The SMILES string of the molecule is CCOCCN(C)C(=O)c1cc(Cl)ccc1N. The molecule has 0 spiro atoms. The number of benzene rings is 1. The van der Waals surface area contributed by atoms with Gasteiger partial charge in [-0.1, -0.05) is 11.6 Å². The van der Waals surface area contributed by atoms with Crippen molar-refractivity contribution in [2.24, 2.45) is 0 Å². The van der Waals surface area contributed by atoms with E-state index in [0.29, 0.717) is 36.0 Å². The summed E-state index contributed by atoms with van der Waals surface area (Å²) in [6, 6.07) is 4.87. The van der Waals surface area contributed by atoms with E-state index in [1.807, 2.05) is 6.92 Å². The van der Waals surface area contributed by atoms with Gasteiger partial charge in [0.1, 0.15) is 0 Å². The number of halogens is 1. The largest absolute Gasteiger partial charge is 0.398 e. The fourth-order valence-electron chi connectivity index (χ4n) is 1.37. The Kier molecular flexibility index (Phi) is 5.25. The van der Waals surface area contributed by atoms with E-state index in [4.69, 9.17) is 22.1 Å². The van der Waals surface area contributed by atoms with Crippen LogP contribution in [0.4, 0.5) is 5.69 Å². The number of nitrogens with two attached hydrogens (primary N) is 1. The molecule has 0 aliphatic carbocycles. The van der Waals surface area contributed by atoms with Crippen molar-refractivity contribution in [2.75, 3.05) is 32.5 Å². The highest BCUT2D eigenvalue weighted by Gasteiger charge is 2.14. The van der Waals surface area contributed by atoms with Gasteiger partial charge >= 0.3 is 0 Å². The Morgan fingerprint density at radius 2 is 2.24 bits per heavy atom. The molecule has 0 aliphatic rings. The molecule has 1 aromatic carbocycles. The summed E-state index contributed by atoms with van der Waals surface area (Å²) in [5.41, 5.74) is 6.61.